The molecule has 0 aliphatic heterocycles. The van der Waals surface area contributed by atoms with E-state index in [1.165, 1.54) is 0 Å². The van der Waals surface area contributed by atoms with E-state index in [0.717, 1.165) is 19.8 Å². The van der Waals surface area contributed by atoms with Crippen molar-refractivity contribution in [2.24, 2.45) is 5.41 Å². The topological polar surface area (TPSA) is 37.3 Å². The average Bonchev–Trinajstić information content (AvgIpc) is 2.03. The highest BCUT2D eigenvalue weighted by Crippen LogP contribution is 2.36. The van der Waals surface area contributed by atoms with Crippen LogP contribution >= 0.6 is 0 Å². The first-order valence-electron chi connectivity index (χ1n) is 4.70. The van der Waals surface area contributed by atoms with Crippen LogP contribution in [0.2, 0.25) is 0 Å². The summed E-state index contributed by atoms with van der Waals surface area (Å²) in [5.41, 5.74) is -2.30. The zero-order chi connectivity index (χ0) is 10.7. The number of rotatable bonds is 5. The lowest BCUT2D eigenvalue weighted by atomic mass is 9.76. The molecule has 1 atom stereocenters. The molecule has 0 saturated heterocycles. The molecular weight excluding hydrogens is 171 g/mol. The van der Waals surface area contributed by atoms with Crippen LogP contribution < -0.4 is 0 Å². The monoisotopic (exact) mass is 190 g/mol. The minimum atomic E-state index is -2.10. The van der Waals surface area contributed by atoms with Crippen molar-refractivity contribution in [3.63, 3.8) is 0 Å². The van der Waals surface area contributed by atoms with E-state index >= 15 is 0 Å². The van der Waals surface area contributed by atoms with Gasteiger partial charge in [0.15, 0.2) is 0 Å². The zero-order valence-electron chi connectivity index (χ0n) is 8.85. The lowest BCUT2D eigenvalue weighted by Gasteiger charge is -2.31. The summed E-state index contributed by atoms with van der Waals surface area (Å²) in [4.78, 5) is 10.6. The Morgan fingerprint density at radius 1 is 1.31 bits per heavy atom. The Hall–Kier alpha value is -0.600. The zero-order valence-corrected chi connectivity index (χ0v) is 8.85. The maximum atomic E-state index is 13.5. The average molecular weight is 190 g/mol. The Morgan fingerprint density at radius 2 is 1.69 bits per heavy atom. The predicted molar refractivity (Wildman–Crippen MR) is 50.5 cm³/mol. The van der Waals surface area contributed by atoms with E-state index < -0.39 is 11.6 Å². The molecule has 13 heavy (non-hydrogen) atoms. The van der Waals surface area contributed by atoms with Crippen molar-refractivity contribution in [3.05, 3.63) is 0 Å². The number of hydrogen-bond donors (Lipinski definition) is 1. The maximum Gasteiger partial charge on any atom is 0.341 e. The summed E-state index contributed by atoms with van der Waals surface area (Å²) in [7, 11) is 0. The smallest absolute Gasteiger partial charge is 0.341 e. The van der Waals surface area contributed by atoms with E-state index in [1.807, 2.05) is 20.8 Å². The quantitative estimate of drug-likeness (QED) is 0.723. The molecule has 1 N–H and O–H groups in total. The molecule has 2 nitrogen and oxygen atoms in total. The van der Waals surface area contributed by atoms with Crippen LogP contribution in [-0.4, -0.2) is 16.7 Å². The third-order valence-corrected chi connectivity index (χ3v) is 2.91. The van der Waals surface area contributed by atoms with Crippen molar-refractivity contribution in [3.8, 4) is 0 Å². The van der Waals surface area contributed by atoms with Gasteiger partial charge in [-0.1, -0.05) is 33.6 Å². The van der Waals surface area contributed by atoms with Gasteiger partial charge in [-0.15, -0.1) is 0 Å². The SMILES string of the molecule is CCC(C)(CC)CC(C)(F)C(=O)O. The second-order valence-electron chi connectivity index (χ2n) is 4.20. The van der Waals surface area contributed by atoms with Crippen LogP contribution in [0.25, 0.3) is 0 Å². The van der Waals surface area contributed by atoms with Gasteiger partial charge >= 0.3 is 5.97 Å². The Morgan fingerprint density at radius 3 is 1.92 bits per heavy atom. The summed E-state index contributed by atoms with van der Waals surface area (Å²) in [6, 6.07) is 0. The molecule has 0 bridgehead atoms. The molecule has 0 rings (SSSR count). The van der Waals surface area contributed by atoms with Crippen LogP contribution in [0, 0.1) is 5.41 Å². The Bertz CT molecular complexity index is 183. The first-order valence-corrected chi connectivity index (χ1v) is 4.70. The summed E-state index contributed by atoms with van der Waals surface area (Å²) >= 11 is 0. The predicted octanol–water partition coefficient (Wildman–Crippen LogP) is 3.02. The summed E-state index contributed by atoms with van der Waals surface area (Å²) in [6.07, 6.45) is 1.69. The molecule has 0 aliphatic rings. The second-order valence-corrected chi connectivity index (χ2v) is 4.20. The van der Waals surface area contributed by atoms with Crippen molar-refractivity contribution in [1.29, 1.82) is 0 Å². The number of aliphatic carboxylic acids is 1. The third kappa shape index (κ3) is 3.33. The molecule has 0 aromatic carbocycles. The molecular formula is C10H19FO2. The largest absolute Gasteiger partial charge is 0.479 e. The highest BCUT2D eigenvalue weighted by Gasteiger charge is 2.39. The Balaban J connectivity index is 4.48. The van der Waals surface area contributed by atoms with E-state index in [9.17, 15) is 9.18 Å². The van der Waals surface area contributed by atoms with Crippen molar-refractivity contribution < 1.29 is 14.3 Å². The number of carboxylic acid groups (broad SMARTS) is 1. The van der Waals surface area contributed by atoms with E-state index in [2.05, 4.69) is 0 Å². The van der Waals surface area contributed by atoms with Gasteiger partial charge in [0.25, 0.3) is 0 Å². The van der Waals surface area contributed by atoms with Crippen LogP contribution in [0.4, 0.5) is 4.39 Å². The highest BCUT2D eigenvalue weighted by molar-refractivity contribution is 5.76. The van der Waals surface area contributed by atoms with E-state index in [1.54, 1.807) is 0 Å². The lowest BCUT2D eigenvalue weighted by Crippen LogP contribution is -2.36. The molecule has 0 saturated carbocycles. The van der Waals surface area contributed by atoms with Gasteiger partial charge in [-0.3, -0.25) is 0 Å². The van der Waals surface area contributed by atoms with Gasteiger partial charge in [0.05, 0.1) is 0 Å². The standard InChI is InChI=1S/C10H19FO2/c1-5-9(3,6-2)7-10(4,11)8(12)13/h5-7H2,1-4H3,(H,12,13). The third-order valence-electron chi connectivity index (χ3n) is 2.91. The molecule has 0 aliphatic carbocycles. The normalized spacial score (nSPS) is 16.7. The van der Waals surface area contributed by atoms with Gasteiger partial charge < -0.3 is 5.11 Å². The van der Waals surface area contributed by atoms with Crippen LogP contribution in [0.15, 0.2) is 0 Å². The van der Waals surface area contributed by atoms with Crippen LogP contribution in [0.5, 0.6) is 0 Å². The van der Waals surface area contributed by atoms with Gasteiger partial charge in [0.1, 0.15) is 0 Å². The number of carbonyl (C=O) groups is 1. The highest BCUT2D eigenvalue weighted by atomic mass is 19.1. The summed E-state index contributed by atoms with van der Waals surface area (Å²) in [5.74, 6) is -1.36. The lowest BCUT2D eigenvalue weighted by molar-refractivity contribution is -0.152. The number of carboxylic acids is 1. The summed E-state index contributed by atoms with van der Waals surface area (Å²) < 4.78 is 13.5. The number of halogens is 1. The van der Waals surface area contributed by atoms with Crippen molar-refractivity contribution in [1.82, 2.24) is 0 Å². The summed E-state index contributed by atoms with van der Waals surface area (Å²) in [5, 5.41) is 8.62. The van der Waals surface area contributed by atoms with Gasteiger partial charge in [-0.05, 0) is 18.8 Å². The van der Waals surface area contributed by atoms with Crippen molar-refractivity contribution >= 4 is 5.97 Å². The molecule has 0 amide bonds. The van der Waals surface area contributed by atoms with Gasteiger partial charge in [-0.2, -0.15) is 0 Å². The fourth-order valence-corrected chi connectivity index (χ4v) is 1.38. The van der Waals surface area contributed by atoms with E-state index in [4.69, 9.17) is 5.11 Å². The molecule has 0 aromatic rings. The molecule has 0 radical (unpaired) electrons. The van der Waals surface area contributed by atoms with Crippen LogP contribution in [0.1, 0.15) is 47.0 Å². The van der Waals surface area contributed by atoms with E-state index in [0.29, 0.717) is 0 Å². The number of hydrogen-bond acceptors (Lipinski definition) is 1. The van der Waals surface area contributed by atoms with Crippen molar-refractivity contribution in [2.75, 3.05) is 0 Å². The molecule has 78 valence electrons. The molecule has 0 spiro atoms. The Kier molecular flexibility index (Phi) is 3.88. The van der Waals surface area contributed by atoms with Gasteiger partial charge in [-0.25, -0.2) is 9.18 Å². The van der Waals surface area contributed by atoms with Crippen LogP contribution in [-0.2, 0) is 4.79 Å². The minimum Gasteiger partial charge on any atom is -0.479 e. The fourth-order valence-electron chi connectivity index (χ4n) is 1.38. The second kappa shape index (κ2) is 4.07. The maximum absolute atomic E-state index is 13.5. The Labute approximate surface area is 79.1 Å². The minimum absolute atomic E-state index is 0.0856. The first-order chi connectivity index (χ1) is 5.77. The molecule has 1 unspecified atom stereocenters. The fraction of sp³-hybridized carbons (Fsp3) is 0.900. The van der Waals surface area contributed by atoms with Gasteiger partial charge in [0.2, 0.25) is 5.67 Å². The first kappa shape index (κ1) is 12.4. The molecule has 0 aromatic heterocycles. The van der Waals surface area contributed by atoms with Crippen molar-refractivity contribution in [2.45, 2.75) is 52.6 Å². The van der Waals surface area contributed by atoms with Crippen LogP contribution in [0.3, 0.4) is 0 Å². The number of alkyl halides is 1. The molecule has 0 heterocycles. The summed E-state index contributed by atoms with van der Waals surface area (Å²) in [6.45, 7) is 6.98. The van der Waals surface area contributed by atoms with Gasteiger partial charge in [0, 0.05) is 0 Å². The molecule has 0 fully saturated rings. The molecule has 3 heteroatoms. The van der Waals surface area contributed by atoms with E-state index in [-0.39, 0.29) is 11.8 Å².